The molecule has 0 bridgehead atoms. The fourth-order valence-corrected chi connectivity index (χ4v) is 5.60. The molecule has 0 spiro atoms. The molecule has 3 heterocycles. The van der Waals surface area contributed by atoms with Crippen LogP contribution in [0.3, 0.4) is 0 Å². The molecule has 180 valence electrons. The van der Waals surface area contributed by atoms with Crippen LogP contribution in [0.2, 0.25) is 0 Å². The maximum atomic E-state index is 13.7. The number of fused-ring (bicyclic) bond motifs is 1. The Morgan fingerprint density at radius 2 is 1.79 bits per heavy atom. The molecule has 0 atom stereocenters. The summed E-state index contributed by atoms with van der Waals surface area (Å²) in [6.45, 7) is 7.74. The molecular weight excluding hydrogens is 422 g/mol. The van der Waals surface area contributed by atoms with Crippen molar-refractivity contribution in [1.29, 1.82) is 0 Å². The van der Waals surface area contributed by atoms with Crippen LogP contribution in [0.25, 0.3) is 11.0 Å². The van der Waals surface area contributed by atoms with E-state index in [1.54, 1.807) is 0 Å². The van der Waals surface area contributed by atoms with Crippen LogP contribution in [0.5, 0.6) is 0 Å². The quantitative estimate of drug-likeness (QED) is 0.533. The smallest absolute Gasteiger partial charge is 0.256 e. The molecule has 2 aromatic heterocycles. The van der Waals surface area contributed by atoms with Gasteiger partial charge in [0.15, 0.2) is 0 Å². The molecule has 0 amide bonds. The first-order valence-electron chi connectivity index (χ1n) is 13.1. The Kier molecular flexibility index (Phi) is 6.95. The molecule has 6 heteroatoms. The molecule has 0 radical (unpaired) electrons. The zero-order chi connectivity index (χ0) is 23.5. The van der Waals surface area contributed by atoms with Crippen LogP contribution in [-0.2, 0) is 6.42 Å². The fourth-order valence-electron chi connectivity index (χ4n) is 5.60. The van der Waals surface area contributed by atoms with E-state index in [0.29, 0.717) is 18.4 Å². The normalized spacial score (nSPS) is 18.1. The molecule has 1 aliphatic carbocycles. The van der Waals surface area contributed by atoms with Gasteiger partial charge >= 0.3 is 0 Å². The average molecular weight is 460 g/mol. The number of hydrogen-bond acceptors (Lipinski definition) is 5. The summed E-state index contributed by atoms with van der Waals surface area (Å²) in [5.41, 5.74) is 4.11. The molecule has 1 saturated heterocycles. The lowest BCUT2D eigenvalue weighted by Crippen LogP contribution is -2.39. The third kappa shape index (κ3) is 5.02. The second kappa shape index (κ2) is 10.3. The Morgan fingerprint density at radius 1 is 1.06 bits per heavy atom. The second-order valence-corrected chi connectivity index (χ2v) is 10.2. The van der Waals surface area contributed by atoms with Gasteiger partial charge in [0.1, 0.15) is 5.65 Å². The predicted octanol–water partition coefficient (Wildman–Crippen LogP) is 5.09. The highest BCUT2D eigenvalue weighted by molar-refractivity contribution is 5.76. The standard InChI is InChI=1S/C28H37N5O/c1-3-14-32-15-12-24(13-16-32)30-28-29-19-23-18-22(17-21-10-8-20(2)9-11-21)27(34)33(26(23)31-28)25-6-4-5-7-25/h8-11,18-19,24-25H,3-7,12-17H2,1-2H3,(H,29,30,31). The summed E-state index contributed by atoms with van der Waals surface area (Å²) in [6, 6.07) is 11.1. The average Bonchev–Trinajstić information content (AvgIpc) is 3.37. The minimum Gasteiger partial charge on any atom is -0.351 e. The summed E-state index contributed by atoms with van der Waals surface area (Å²) in [4.78, 5) is 25.8. The summed E-state index contributed by atoms with van der Waals surface area (Å²) in [5.74, 6) is 0.652. The van der Waals surface area contributed by atoms with Crippen molar-refractivity contribution >= 4 is 17.0 Å². The van der Waals surface area contributed by atoms with Crippen LogP contribution in [0.4, 0.5) is 5.95 Å². The minimum atomic E-state index is 0.109. The molecular formula is C28H37N5O. The van der Waals surface area contributed by atoms with Crippen molar-refractivity contribution in [2.24, 2.45) is 0 Å². The van der Waals surface area contributed by atoms with Gasteiger partial charge in [0.05, 0.1) is 0 Å². The van der Waals surface area contributed by atoms with E-state index >= 15 is 0 Å². The molecule has 6 nitrogen and oxygen atoms in total. The molecule has 2 fully saturated rings. The number of benzene rings is 1. The summed E-state index contributed by atoms with van der Waals surface area (Å²) >= 11 is 0. The topological polar surface area (TPSA) is 63.1 Å². The first-order chi connectivity index (χ1) is 16.6. The number of likely N-dealkylation sites (tertiary alicyclic amines) is 1. The van der Waals surface area contributed by atoms with Gasteiger partial charge < -0.3 is 10.2 Å². The first-order valence-corrected chi connectivity index (χ1v) is 13.1. The van der Waals surface area contributed by atoms with E-state index in [-0.39, 0.29) is 11.6 Å². The number of piperidine rings is 1. The number of nitrogens with zero attached hydrogens (tertiary/aromatic N) is 4. The lowest BCUT2D eigenvalue weighted by molar-refractivity contribution is 0.219. The minimum absolute atomic E-state index is 0.109. The maximum absolute atomic E-state index is 13.7. The van der Waals surface area contributed by atoms with Crippen LogP contribution < -0.4 is 10.9 Å². The van der Waals surface area contributed by atoms with Crippen molar-refractivity contribution in [3.8, 4) is 0 Å². The van der Waals surface area contributed by atoms with E-state index < -0.39 is 0 Å². The largest absolute Gasteiger partial charge is 0.351 e. The summed E-state index contributed by atoms with van der Waals surface area (Å²) in [6.07, 6.45) is 10.4. The van der Waals surface area contributed by atoms with E-state index in [1.807, 2.05) is 16.8 Å². The van der Waals surface area contributed by atoms with Crippen LogP contribution in [0.1, 0.15) is 74.6 Å². The van der Waals surface area contributed by atoms with Crippen molar-refractivity contribution in [1.82, 2.24) is 19.4 Å². The van der Waals surface area contributed by atoms with E-state index in [2.05, 4.69) is 53.3 Å². The van der Waals surface area contributed by atoms with Crippen LogP contribution in [0.15, 0.2) is 41.3 Å². The molecule has 5 rings (SSSR count). The van der Waals surface area contributed by atoms with Crippen LogP contribution >= 0.6 is 0 Å². The summed E-state index contributed by atoms with van der Waals surface area (Å²) in [7, 11) is 0. The van der Waals surface area contributed by atoms with Gasteiger partial charge in [-0.25, -0.2) is 4.98 Å². The Bertz CT molecular complexity index is 1170. The highest BCUT2D eigenvalue weighted by Crippen LogP contribution is 2.31. The number of pyridine rings is 1. The zero-order valence-corrected chi connectivity index (χ0v) is 20.6. The van der Waals surface area contributed by atoms with E-state index in [1.165, 1.54) is 31.4 Å². The van der Waals surface area contributed by atoms with Gasteiger partial charge in [-0.3, -0.25) is 9.36 Å². The third-order valence-corrected chi connectivity index (χ3v) is 7.51. The van der Waals surface area contributed by atoms with Gasteiger partial charge in [0, 0.05) is 48.7 Å². The first kappa shape index (κ1) is 23.0. The number of hydrogen-bond donors (Lipinski definition) is 1. The van der Waals surface area contributed by atoms with Crippen LogP contribution in [0, 0.1) is 6.92 Å². The van der Waals surface area contributed by atoms with Crippen molar-refractivity contribution in [2.75, 3.05) is 25.0 Å². The van der Waals surface area contributed by atoms with Crippen molar-refractivity contribution in [3.05, 3.63) is 63.6 Å². The van der Waals surface area contributed by atoms with E-state index in [0.717, 1.165) is 60.9 Å². The Balaban J connectivity index is 1.45. The van der Waals surface area contributed by atoms with Gasteiger partial charge in [0.25, 0.3) is 5.56 Å². The Morgan fingerprint density at radius 3 is 2.50 bits per heavy atom. The Labute approximate surface area is 202 Å². The third-order valence-electron chi connectivity index (χ3n) is 7.51. The van der Waals surface area contributed by atoms with Crippen molar-refractivity contribution in [3.63, 3.8) is 0 Å². The van der Waals surface area contributed by atoms with E-state index in [4.69, 9.17) is 4.98 Å². The highest BCUT2D eigenvalue weighted by Gasteiger charge is 2.24. The monoisotopic (exact) mass is 459 g/mol. The SMILES string of the molecule is CCCN1CCC(Nc2ncc3cc(Cc4ccc(C)cc4)c(=O)n(C4CCCC4)c3n2)CC1. The second-order valence-electron chi connectivity index (χ2n) is 10.2. The lowest BCUT2D eigenvalue weighted by Gasteiger charge is -2.32. The molecule has 1 aliphatic heterocycles. The summed E-state index contributed by atoms with van der Waals surface area (Å²) in [5, 5.41) is 4.52. The molecule has 1 aromatic carbocycles. The molecule has 1 saturated carbocycles. The van der Waals surface area contributed by atoms with E-state index in [9.17, 15) is 4.79 Å². The van der Waals surface area contributed by atoms with Gasteiger partial charge in [-0.05, 0) is 57.2 Å². The van der Waals surface area contributed by atoms with Gasteiger partial charge in [-0.1, -0.05) is 49.6 Å². The highest BCUT2D eigenvalue weighted by atomic mass is 16.1. The number of aryl methyl sites for hydroxylation is 1. The van der Waals surface area contributed by atoms with Gasteiger partial charge in [-0.15, -0.1) is 0 Å². The predicted molar refractivity (Wildman–Crippen MR) is 139 cm³/mol. The summed E-state index contributed by atoms with van der Waals surface area (Å²) < 4.78 is 1.99. The number of aromatic nitrogens is 3. The van der Waals surface area contributed by atoms with Crippen molar-refractivity contribution in [2.45, 2.75) is 77.3 Å². The molecule has 2 aliphatic rings. The number of nitrogens with one attached hydrogen (secondary N) is 1. The molecule has 34 heavy (non-hydrogen) atoms. The molecule has 3 aromatic rings. The lowest BCUT2D eigenvalue weighted by atomic mass is 10.0. The molecule has 1 N–H and O–H groups in total. The fraction of sp³-hybridized carbons (Fsp3) is 0.536. The number of anilines is 1. The zero-order valence-electron chi connectivity index (χ0n) is 20.6. The maximum Gasteiger partial charge on any atom is 0.256 e. The van der Waals surface area contributed by atoms with Crippen LogP contribution in [-0.4, -0.2) is 45.1 Å². The Hall–Kier alpha value is -2.73. The van der Waals surface area contributed by atoms with Gasteiger partial charge in [0.2, 0.25) is 5.95 Å². The van der Waals surface area contributed by atoms with Gasteiger partial charge in [-0.2, -0.15) is 4.98 Å². The molecule has 0 unspecified atom stereocenters. The van der Waals surface area contributed by atoms with Crippen molar-refractivity contribution < 1.29 is 0 Å². The number of rotatable bonds is 7.